The van der Waals surface area contributed by atoms with Crippen LogP contribution in [0.3, 0.4) is 0 Å². The second-order valence-corrected chi connectivity index (χ2v) is 9.38. The largest absolute Gasteiger partial charge is 0.496 e. The first-order valence-electron chi connectivity index (χ1n) is 11.8. The highest BCUT2D eigenvalue weighted by Crippen LogP contribution is 2.33. The standard InChI is InChI=1S/C28H30N4O2S/c1-4-31(23-15-9-6-10-16-23)27(33)21(2)35-28-30-29-26(24-17-11-12-18-25(24)34-3)32(28)20-19-22-13-7-5-8-14-22/h5-18,21H,4,19-20H2,1-3H3. The third-order valence-electron chi connectivity index (χ3n) is 5.81. The molecular weight excluding hydrogens is 456 g/mol. The first-order chi connectivity index (χ1) is 17.1. The van der Waals surface area contributed by atoms with Crippen molar-refractivity contribution in [2.75, 3.05) is 18.6 Å². The van der Waals surface area contributed by atoms with Crippen LogP contribution in [-0.4, -0.2) is 39.6 Å². The zero-order valence-corrected chi connectivity index (χ0v) is 21.1. The minimum absolute atomic E-state index is 0.0418. The smallest absolute Gasteiger partial charge is 0.240 e. The molecule has 4 aromatic rings. The molecule has 0 bridgehead atoms. The summed E-state index contributed by atoms with van der Waals surface area (Å²) in [6.07, 6.45) is 0.821. The lowest BCUT2D eigenvalue weighted by molar-refractivity contribution is -0.117. The molecule has 0 saturated carbocycles. The van der Waals surface area contributed by atoms with Crippen LogP contribution in [0.25, 0.3) is 11.4 Å². The molecule has 7 heteroatoms. The first kappa shape index (κ1) is 24.5. The van der Waals surface area contributed by atoms with Crippen LogP contribution in [0.4, 0.5) is 5.69 Å². The van der Waals surface area contributed by atoms with E-state index in [4.69, 9.17) is 4.74 Å². The molecule has 0 aliphatic rings. The Morgan fingerprint density at radius 2 is 1.63 bits per heavy atom. The van der Waals surface area contributed by atoms with Crippen LogP contribution < -0.4 is 9.64 Å². The Hall–Kier alpha value is -3.58. The van der Waals surface area contributed by atoms with E-state index in [0.29, 0.717) is 18.2 Å². The van der Waals surface area contributed by atoms with E-state index in [2.05, 4.69) is 26.9 Å². The molecule has 0 N–H and O–H groups in total. The van der Waals surface area contributed by atoms with Gasteiger partial charge in [0, 0.05) is 18.8 Å². The molecule has 35 heavy (non-hydrogen) atoms. The molecule has 0 aliphatic carbocycles. The number of amides is 1. The normalized spacial score (nSPS) is 11.7. The van der Waals surface area contributed by atoms with Gasteiger partial charge in [-0.2, -0.15) is 0 Å². The molecule has 0 spiro atoms. The Morgan fingerprint density at radius 1 is 0.971 bits per heavy atom. The van der Waals surface area contributed by atoms with Crippen LogP contribution in [0.15, 0.2) is 90.1 Å². The lowest BCUT2D eigenvalue weighted by Gasteiger charge is -2.24. The number of anilines is 1. The number of thioether (sulfide) groups is 1. The summed E-state index contributed by atoms with van der Waals surface area (Å²) < 4.78 is 7.69. The average molecular weight is 487 g/mol. The molecule has 1 aromatic heterocycles. The number of carbonyl (C=O) groups excluding carboxylic acids is 1. The zero-order chi connectivity index (χ0) is 24.6. The van der Waals surface area contributed by atoms with E-state index in [1.54, 1.807) is 7.11 Å². The van der Waals surface area contributed by atoms with Crippen LogP contribution in [0.5, 0.6) is 5.75 Å². The minimum atomic E-state index is -0.333. The predicted molar refractivity (Wildman–Crippen MR) is 142 cm³/mol. The maximum Gasteiger partial charge on any atom is 0.240 e. The number of methoxy groups -OCH3 is 1. The summed E-state index contributed by atoms with van der Waals surface area (Å²) >= 11 is 1.44. The van der Waals surface area contributed by atoms with Gasteiger partial charge in [-0.25, -0.2) is 0 Å². The number of benzene rings is 3. The monoisotopic (exact) mass is 486 g/mol. The molecule has 1 heterocycles. The van der Waals surface area contributed by atoms with Crippen LogP contribution >= 0.6 is 11.8 Å². The number of para-hydroxylation sites is 2. The summed E-state index contributed by atoms with van der Waals surface area (Å²) in [7, 11) is 1.66. The number of nitrogens with zero attached hydrogens (tertiary/aromatic N) is 4. The van der Waals surface area contributed by atoms with E-state index in [1.807, 2.05) is 91.5 Å². The maximum absolute atomic E-state index is 13.4. The molecule has 0 saturated heterocycles. The zero-order valence-electron chi connectivity index (χ0n) is 20.3. The van der Waals surface area contributed by atoms with Crippen LogP contribution in [-0.2, 0) is 17.8 Å². The molecule has 0 radical (unpaired) electrons. The lowest BCUT2D eigenvalue weighted by Crippen LogP contribution is -2.36. The van der Waals surface area contributed by atoms with Crippen molar-refractivity contribution in [2.45, 2.75) is 37.2 Å². The number of aryl methyl sites for hydroxylation is 1. The van der Waals surface area contributed by atoms with Gasteiger partial charge in [0.15, 0.2) is 11.0 Å². The van der Waals surface area contributed by atoms with E-state index < -0.39 is 0 Å². The molecule has 0 fully saturated rings. The Labute approximate surface area is 211 Å². The summed E-state index contributed by atoms with van der Waals surface area (Å²) in [5.41, 5.74) is 3.00. The van der Waals surface area contributed by atoms with Crippen molar-refractivity contribution < 1.29 is 9.53 Å². The van der Waals surface area contributed by atoms with E-state index in [0.717, 1.165) is 29.2 Å². The van der Waals surface area contributed by atoms with Gasteiger partial charge in [-0.05, 0) is 50.1 Å². The number of ether oxygens (including phenoxy) is 1. The molecule has 1 unspecified atom stereocenters. The predicted octanol–water partition coefficient (Wildman–Crippen LogP) is 5.73. The topological polar surface area (TPSA) is 60.3 Å². The summed E-state index contributed by atoms with van der Waals surface area (Å²) in [6.45, 7) is 5.20. The fourth-order valence-corrected chi connectivity index (χ4v) is 4.93. The van der Waals surface area contributed by atoms with Gasteiger partial charge in [-0.15, -0.1) is 10.2 Å². The molecule has 0 aliphatic heterocycles. The summed E-state index contributed by atoms with van der Waals surface area (Å²) in [6, 6.07) is 27.9. The highest BCUT2D eigenvalue weighted by Gasteiger charge is 2.25. The molecule has 1 atom stereocenters. The van der Waals surface area contributed by atoms with Gasteiger partial charge in [0.1, 0.15) is 5.75 Å². The van der Waals surface area contributed by atoms with E-state index in [9.17, 15) is 4.79 Å². The Bertz CT molecular complexity index is 1240. The van der Waals surface area contributed by atoms with Crippen LogP contribution in [0.1, 0.15) is 19.4 Å². The Balaban J connectivity index is 1.63. The first-order valence-corrected chi connectivity index (χ1v) is 12.6. The van der Waals surface area contributed by atoms with Crippen molar-refractivity contribution in [1.82, 2.24) is 14.8 Å². The van der Waals surface area contributed by atoms with Gasteiger partial charge < -0.3 is 14.2 Å². The highest BCUT2D eigenvalue weighted by atomic mass is 32.2. The van der Waals surface area contributed by atoms with Gasteiger partial charge >= 0.3 is 0 Å². The number of aromatic nitrogens is 3. The van der Waals surface area contributed by atoms with Crippen LogP contribution in [0.2, 0.25) is 0 Å². The summed E-state index contributed by atoms with van der Waals surface area (Å²) in [4.78, 5) is 15.2. The van der Waals surface area contributed by atoms with Gasteiger partial charge in [-0.3, -0.25) is 4.79 Å². The molecular formula is C28H30N4O2S. The molecule has 4 rings (SSSR count). The molecule has 1 amide bonds. The van der Waals surface area contributed by atoms with Gasteiger partial charge in [0.2, 0.25) is 5.91 Å². The number of hydrogen-bond acceptors (Lipinski definition) is 5. The van der Waals surface area contributed by atoms with Gasteiger partial charge in [0.05, 0.1) is 17.9 Å². The SMILES string of the molecule is CCN(C(=O)C(C)Sc1nnc(-c2ccccc2OC)n1CCc1ccccc1)c1ccccc1. The summed E-state index contributed by atoms with van der Waals surface area (Å²) in [5.74, 6) is 1.51. The summed E-state index contributed by atoms with van der Waals surface area (Å²) in [5, 5.41) is 9.42. The van der Waals surface area contributed by atoms with E-state index in [1.165, 1.54) is 17.3 Å². The molecule has 180 valence electrons. The quantitative estimate of drug-likeness (QED) is 0.268. The molecule has 3 aromatic carbocycles. The number of carbonyl (C=O) groups is 1. The number of rotatable bonds is 10. The fourth-order valence-electron chi connectivity index (χ4n) is 3.99. The van der Waals surface area contributed by atoms with Gasteiger partial charge in [0.25, 0.3) is 0 Å². The van der Waals surface area contributed by atoms with Gasteiger partial charge in [-0.1, -0.05) is 72.4 Å². The Kier molecular flexibility index (Phi) is 8.21. The fraction of sp³-hybridized carbons (Fsp3) is 0.250. The third kappa shape index (κ3) is 5.74. The van der Waals surface area contributed by atoms with E-state index in [-0.39, 0.29) is 11.2 Å². The third-order valence-corrected chi connectivity index (χ3v) is 6.88. The Morgan fingerprint density at radius 3 is 2.31 bits per heavy atom. The van der Waals surface area contributed by atoms with E-state index >= 15 is 0 Å². The van der Waals surface area contributed by atoms with Crippen molar-refractivity contribution in [1.29, 1.82) is 0 Å². The van der Waals surface area contributed by atoms with Crippen molar-refractivity contribution in [3.05, 3.63) is 90.5 Å². The van der Waals surface area contributed by atoms with Crippen molar-refractivity contribution in [2.24, 2.45) is 0 Å². The number of hydrogen-bond donors (Lipinski definition) is 0. The second kappa shape index (κ2) is 11.7. The molecule has 6 nitrogen and oxygen atoms in total. The maximum atomic E-state index is 13.4. The van der Waals surface area contributed by atoms with Crippen molar-refractivity contribution in [3.63, 3.8) is 0 Å². The second-order valence-electron chi connectivity index (χ2n) is 8.07. The minimum Gasteiger partial charge on any atom is -0.496 e. The highest BCUT2D eigenvalue weighted by molar-refractivity contribution is 8.00. The van der Waals surface area contributed by atoms with Crippen LogP contribution in [0, 0.1) is 0 Å². The van der Waals surface area contributed by atoms with Crippen molar-refractivity contribution >= 4 is 23.4 Å². The van der Waals surface area contributed by atoms with Crippen molar-refractivity contribution in [3.8, 4) is 17.1 Å². The lowest BCUT2D eigenvalue weighted by atomic mass is 10.1. The average Bonchev–Trinajstić information content (AvgIpc) is 3.30.